The predicted molar refractivity (Wildman–Crippen MR) is 87.7 cm³/mol. The summed E-state index contributed by atoms with van der Waals surface area (Å²) in [5.41, 5.74) is 0.750. The zero-order valence-corrected chi connectivity index (χ0v) is 12.9. The summed E-state index contributed by atoms with van der Waals surface area (Å²) in [6, 6.07) is 8.35. The number of carboxylic acid groups (broad SMARTS) is 1. The lowest BCUT2D eigenvalue weighted by Crippen LogP contribution is -2.10. The Morgan fingerprint density at radius 3 is 2.61 bits per heavy atom. The summed E-state index contributed by atoms with van der Waals surface area (Å²) in [6.07, 6.45) is 1.95. The molecule has 1 amide bonds. The van der Waals surface area contributed by atoms with E-state index in [1.807, 2.05) is 0 Å². The number of nitrogens with zero attached hydrogens (tertiary/aromatic N) is 1. The third-order valence-corrected chi connectivity index (χ3v) is 4.42. The molecule has 0 unspecified atom stereocenters. The molecule has 0 saturated carbocycles. The van der Waals surface area contributed by atoms with Crippen molar-refractivity contribution in [1.82, 2.24) is 4.98 Å². The molecule has 0 fully saturated rings. The molecule has 0 spiro atoms. The second-order valence-corrected chi connectivity index (χ2v) is 5.72. The average Bonchev–Trinajstić information content (AvgIpc) is 2.92. The van der Waals surface area contributed by atoms with Crippen LogP contribution in [0.4, 0.5) is 10.5 Å². The number of carbonyl (C=O) groups is 2. The number of rotatable bonds is 4. The molecule has 7 heteroatoms. The minimum Gasteiger partial charge on any atom is -0.497 e. The van der Waals surface area contributed by atoms with Gasteiger partial charge in [0.05, 0.1) is 22.4 Å². The van der Waals surface area contributed by atoms with Crippen molar-refractivity contribution in [2.75, 3.05) is 12.4 Å². The number of thiophene rings is 1. The number of ether oxygens (including phenoxy) is 1. The van der Waals surface area contributed by atoms with Gasteiger partial charge in [0.1, 0.15) is 5.75 Å². The van der Waals surface area contributed by atoms with Crippen molar-refractivity contribution in [3.63, 3.8) is 0 Å². The molecular formula is C16H12N2O4S. The Labute approximate surface area is 135 Å². The number of fused-ring (bicyclic) bond motifs is 1. The fraction of sp³-hybridized carbons (Fsp3) is 0.0625. The SMILES string of the molecule is COc1ccc(C(=O)c2sc3cnccc3c2NC(=O)O)cc1. The molecule has 3 rings (SSSR count). The highest BCUT2D eigenvalue weighted by molar-refractivity contribution is 7.21. The highest BCUT2D eigenvalue weighted by Gasteiger charge is 2.21. The Kier molecular flexibility index (Phi) is 3.94. The number of anilines is 1. The number of hydrogen-bond acceptors (Lipinski definition) is 5. The van der Waals surface area contributed by atoms with Crippen molar-refractivity contribution < 1.29 is 19.4 Å². The number of carbonyl (C=O) groups excluding carboxylic acids is 1. The number of ketones is 1. The van der Waals surface area contributed by atoms with Crippen LogP contribution in [0.3, 0.4) is 0 Å². The van der Waals surface area contributed by atoms with Gasteiger partial charge in [0.2, 0.25) is 5.78 Å². The van der Waals surface area contributed by atoms with Crippen LogP contribution in [0.5, 0.6) is 5.75 Å². The topological polar surface area (TPSA) is 88.5 Å². The maximum atomic E-state index is 12.7. The number of methoxy groups -OCH3 is 1. The molecule has 0 aliphatic heterocycles. The summed E-state index contributed by atoms with van der Waals surface area (Å²) in [5, 5.41) is 12.0. The summed E-state index contributed by atoms with van der Waals surface area (Å²) < 4.78 is 5.82. The number of amides is 1. The molecule has 0 aliphatic carbocycles. The Morgan fingerprint density at radius 2 is 1.96 bits per heavy atom. The lowest BCUT2D eigenvalue weighted by atomic mass is 10.1. The molecule has 1 aromatic carbocycles. The quantitative estimate of drug-likeness (QED) is 0.714. The number of aromatic nitrogens is 1. The van der Waals surface area contributed by atoms with Gasteiger partial charge in [0.15, 0.2) is 0 Å². The van der Waals surface area contributed by atoms with Crippen molar-refractivity contribution in [2.24, 2.45) is 0 Å². The normalized spacial score (nSPS) is 10.5. The van der Waals surface area contributed by atoms with Gasteiger partial charge >= 0.3 is 6.09 Å². The molecule has 0 saturated heterocycles. The Bertz CT molecular complexity index is 887. The van der Waals surface area contributed by atoms with Gasteiger partial charge in [0, 0.05) is 23.3 Å². The van der Waals surface area contributed by atoms with Crippen molar-refractivity contribution in [1.29, 1.82) is 0 Å². The first-order valence-corrected chi connectivity index (χ1v) is 7.47. The highest BCUT2D eigenvalue weighted by Crippen LogP contribution is 2.36. The lowest BCUT2D eigenvalue weighted by molar-refractivity contribution is 0.104. The summed E-state index contributed by atoms with van der Waals surface area (Å²) in [7, 11) is 1.55. The fourth-order valence-electron chi connectivity index (χ4n) is 2.22. The minimum atomic E-state index is -1.22. The van der Waals surface area contributed by atoms with Crippen molar-refractivity contribution >= 4 is 39.0 Å². The molecule has 2 N–H and O–H groups in total. The summed E-state index contributed by atoms with van der Waals surface area (Å²) >= 11 is 1.21. The van der Waals surface area contributed by atoms with Gasteiger partial charge in [-0.05, 0) is 30.3 Å². The van der Waals surface area contributed by atoms with E-state index in [0.717, 1.165) is 4.70 Å². The zero-order valence-electron chi connectivity index (χ0n) is 12.1. The van der Waals surface area contributed by atoms with E-state index in [9.17, 15) is 9.59 Å². The van der Waals surface area contributed by atoms with E-state index in [1.165, 1.54) is 11.3 Å². The van der Waals surface area contributed by atoms with E-state index in [4.69, 9.17) is 9.84 Å². The standard InChI is InChI=1S/C16H12N2O4S/c1-22-10-4-2-9(3-5-10)14(19)15-13(18-16(20)21)11-6-7-17-8-12(11)23-15/h2-8,18H,1H3,(H,20,21). The molecule has 2 heterocycles. The van der Waals surface area contributed by atoms with Crippen LogP contribution in [0.25, 0.3) is 10.1 Å². The molecule has 0 radical (unpaired) electrons. The van der Waals surface area contributed by atoms with E-state index in [1.54, 1.807) is 49.8 Å². The van der Waals surface area contributed by atoms with Crippen LogP contribution in [0.1, 0.15) is 15.2 Å². The number of pyridine rings is 1. The third-order valence-electron chi connectivity index (χ3n) is 3.28. The monoisotopic (exact) mass is 328 g/mol. The van der Waals surface area contributed by atoms with Crippen molar-refractivity contribution in [3.05, 3.63) is 53.2 Å². The number of hydrogen-bond donors (Lipinski definition) is 2. The van der Waals surface area contributed by atoms with E-state index in [2.05, 4.69) is 10.3 Å². The number of nitrogens with one attached hydrogen (secondary N) is 1. The third kappa shape index (κ3) is 2.86. The van der Waals surface area contributed by atoms with E-state index in [-0.39, 0.29) is 5.78 Å². The zero-order chi connectivity index (χ0) is 16.4. The fourth-order valence-corrected chi connectivity index (χ4v) is 3.30. The molecular weight excluding hydrogens is 316 g/mol. The van der Waals surface area contributed by atoms with E-state index >= 15 is 0 Å². The predicted octanol–water partition coefficient (Wildman–Crippen LogP) is 3.63. The summed E-state index contributed by atoms with van der Waals surface area (Å²) in [6.45, 7) is 0. The molecule has 0 atom stereocenters. The average molecular weight is 328 g/mol. The first-order chi connectivity index (χ1) is 11.1. The smallest absolute Gasteiger partial charge is 0.409 e. The van der Waals surface area contributed by atoms with Gasteiger partial charge in [-0.25, -0.2) is 4.79 Å². The van der Waals surface area contributed by atoms with Crippen LogP contribution in [-0.4, -0.2) is 29.1 Å². The summed E-state index contributed by atoms with van der Waals surface area (Å²) in [4.78, 5) is 28.1. The van der Waals surface area contributed by atoms with Gasteiger partial charge in [-0.1, -0.05) is 0 Å². The maximum absolute atomic E-state index is 12.7. The summed E-state index contributed by atoms with van der Waals surface area (Å²) in [5.74, 6) is 0.392. The van der Waals surface area contributed by atoms with Crippen LogP contribution in [0.2, 0.25) is 0 Å². The molecule has 116 valence electrons. The second kappa shape index (κ2) is 6.05. The van der Waals surface area contributed by atoms with Crippen molar-refractivity contribution in [3.8, 4) is 5.75 Å². The Balaban J connectivity index is 2.09. The van der Waals surface area contributed by atoms with Gasteiger partial charge in [0.25, 0.3) is 0 Å². The van der Waals surface area contributed by atoms with Crippen LogP contribution in [0.15, 0.2) is 42.7 Å². The van der Waals surface area contributed by atoms with Crippen LogP contribution in [-0.2, 0) is 0 Å². The molecule has 0 bridgehead atoms. The minimum absolute atomic E-state index is 0.252. The molecule has 0 aliphatic rings. The highest BCUT2D eigenvalue weighted by atomic mass is 32.1. The van der Waals surface area contributed by atoms with E-state index < -0.39 is 6.09 Å². The van der Waals surface area contributed by atoms with Gasteiger partial charge in [-0.15, -0.1) is 11.3 Å². The second-order valence-electron chi connectivity index (χ2n) is 4.67. The molecule has 23 heavy (non-hydrogen) atoms. The molecule has 6 nitrogen and oxygen atoms in total. The molecule has 2 aromatic heterocycles. The first-order valence-electron chi connectivity index (χ1n) is 6.65. The Hall–Kier alpha value is -2.93. The van der Waals surface area contributed by atoms with Crippen LogP contribution in [0, 0.1) is 0 Å². The first kappa shape index (κ1) is 15.0. The molecule has 3 aromatic rings. The van der Waals surface area contributed by atoms with Gasteiger partial charge in [-0.3, -0.25) is 15.1 Å². The van der Waals surface area contributed by atoms with E-state index in [0.29, 0.717) is 27.3 Å². The largest absolute Gasteiger partial charge is 0.497 e. The Morgan fingerprint density at radius 1 is 1.22 bits per heavy atom. The van der Waals surface area contributed by atoms with Gasteiger partial charge in [-0.2, -0.15) is 0 Å². The lowest BCUT2D eigenvalue weighted by Gasteiger charge is -2.05. The maximum Gasteiger partial charge on any atom is 0.409 e. The number of benzene rings is 1. The van der Waals surface area contributed by atoms with Crippen molar-refractivity contribution in [2.45, 2.75) is 0 Å². The van der Waals surface area contributed by atoms with Crippen LogP contribution >= 0.6 is 11.3 Å². The van der Waals surface area contributed by atoms with Gasteiger partial charge < -0.3 is 9.84 Å². The van der Waals surface area contributed by atoms with Crippen LogP contribution < -0.4 is 10.1 Å².